The molecule has 1 aromatic heterocycles. The quantitative estimate of drug-likeness (QED) is 0.419. The second-order valence-electron chi connectivity index (χ2n) is 8.15. The molecule has 0 atom stereocenters. The number of carbonyl (C=O) groups is 2. The number of carbonyl (C=O) groups excluding carboxylic acids is 2. The topological polar surface area (TPSA) is 95.3 Å². The first-order chi connectivity index (χ1) is 14.8. The van der Waals surface area contributed by atoms with E-state index in [2.05, 4.69) is 5.10 Å². The molecule has 0 fully saturated rings. The molecule has 0 spiro atoms. The van der Waals surface area contributed by atoms with Gasteiger partial charge >= 0.3 is 5.97 Å². The van der Waals surface area contributed by atoms with E-state index < -0.39 is 15.8 Å². The Labute approximate surface area is 190 Å². The highest BCUT2D eigenvalue weighted by Crippen LogP contribution is 2.34. The SMILES string of the molecule is CCCn1nc(C)c(C(=O)c2ccc(S(C)(=O)=O)c(C(C)=C(C)C)c2C)c1OC(=O)CC. The summed E-state index contributed by atoms with van der Waals surface area (Å²) >= 11 is 0. The number of sulfone groups is 1. The monoisotopic (exact) mass is 460 g/mol. The maximum atomic E-state index is 13.7. The number of ether oxygens (including phenoxy) is 1. The number of hydrogen-bond acceptors (Lipinski definition) is 6. The van der Waals surface area contributed by atoms with Crippen LogP contribution in [0.25, 0.3) is 5.57 Å². The Morgan fingerprint density at radius 3 is 2.19 bits per heavy atom. The smallest absolute Gasteiger partial charge is 0.312 e. The Hall–Kier alpha value is -2.74. The number of allylic oxidation sites excluding steroid dienone is 2. The molecule has 0 aliphatic rings. The zero-order valence-corrected chi connectivity index (χ0v) is 20.9. The third-order valence-electron chi connectivity index (χ3n) is 5.44. The summed E-state index contributed by atoms with van der Waals surface area (Å²) in [6.45, 7) is 13.2. The van der Waals surface area contributed by atoms with Gasteiger partial charge in [-0.05, 0) is 69.9 Å². The zero-order chi connectivity index (χ0) is 24.4. The Morgan fingerprint density at radius 2 is 1.69 bits per heavy atom. The van der Waals surface area contributed by atoms with Crippen molar-refractivity contribution < 1.29 is 22.7 Å². The standard InChI is InChI=1S/C24H32N2O5S/c1-9-13-26-24(31-20(27)10-2)22(17(7)25-26)23(28)18-11-12-19(32(8,29)30)21(16(18)6)15(5)14(3)4/h11-12H,9-10,13H2,1-8H3. The van der Waals surface area contributed by atoms with Gasteiger partial charge < -0.3 is 4.74 Å². The molecule has 0 saturated carbocycles. The van der Waals surface area contributed by atoms with Gasteiger partial charge in [0.25, 0.3) is 0 Å². The molecule has 8 heteroatoms. The summed E-state index contributed by atoms with van der Waals surface area (Å²) < 4.78 is 31.9. The summed E-state index contributed by atoms with van der Waals surface area (Å²) in [6, 6.07) is 3.00. The van der Waals surface area contributed by atoms with Crippen molar-refractivity contribution in [3.63, 3.8) is 0 Å². The molecule has 7 nitrogen and oxygen atoms in total. The van der Waals surface area contributed by atoms with Crippen molar-refractivity contribution >= 4 is 27.2 Å². The molecule has 0 radical (unpaired) electrons. The summed E-state index contributed by atoms with van der Waals surface area (Å²) in [5, 5.41) is 4.42. The fourth-order valence-electron chi connectivity index (χ4n) is 3.56. The molecule has 0 aliphatic carbocycles. The van der Waals surface area contributed by atoms with Crippen LogP contribution in [0, 0.1) is 13.8 Å². The number of hydrogen-bond donors (Lipinski definition) is 0. The molecule has 2 aromatic rings. The Kier molecular flexibility index (Phi) is 7.83. The van der Waals surface area contributed by atoms with E-state index in [1.807, 2.05) is 27.7 Å². The fourth-order valence-corrected chi connectivity index (χ4v) is 4.55. The molecule has 32 heavy (non-hydrogen) atoms. The molecule has 1 heterocycles. The maximum Gasteiger partial charge on any atom is 0.312 e. The molecule has 0 aliphatic heterocycles. The first-order valence-electron chi connectivity index (χ1n) is 10.7. The van der Waals surface area contributed by atoms with Crippen molar-refractivity contribution in [2.24, 2.45) is 0 Å². The van der Waals surface area contributed by atoms with E-state index >= 15 is 0 Å². The minimum atomic E-state index is -3.51. The molecule has 0 unspecified atom stereocenters. The van der Waals surface area contributed by atoms with Crippen molar-refractivity contribution in [1.82, 2.24) is 9.78 Å². The number of esters is 1. The normalized spacial score (nSPS) is 11.4. The van der Waals surface area contributed by atoms with E-state index in [0.29, 0.717) is 28.9 Å². The summed E-state index contributed by atoms with van der Waals surface area (Å²) in [6.07, 6.45) is 2.07. The molecule has 2 rings (SSSR count). The molecule has 0 N–H and O–H groups in total. The Balaban J connectivity index is 2.81. The van der Waals surface area contributed by atoms with E-state index in [9.17, 15) is 18.0 Å². The molecule has 0 bridgehead atoms. The largest absolute Gasteiger partial charge is 0.407 e. The number of benzene rings is 1. The lowest BCUT2D eigenvalue weighted by Crippen LogP contribution is -2.15. The van der Waals surface area contributed by atoms with Gasteiger partial charge in [0.1, 0.15) is 5.56 Å². The number of aromatic nitrogens is 2. The third kappa shape index (κ3) is 5.01. The van der Waals surface area contributed by atoms with Gasteiger partial charge in [-0.25, -0.2) is 13.1 Å². The zero-order valence-electron chi connectivity index (χ0n) is 20.1. The van der Waals surface area contributed by atoms with Crippen LogP contribution in [0.2, 0.25) is 0 Å². The van der Waals surface area contributed by atoms with Gasteiger partial charge in [-0.1, -0.05) is 19.4 Å². The van der Waals surface area contributed by atoms with Crippen LogP contribution < -0.4 is 4.74 Å². The minimum absolute atomic E-state index is 0.133. The Morgan fingerprint density at radius 1 is 1.06 bits per heavy atom. The first-order valence-corrected chi connectivity index (χ1v) is 12.5. The Bertz CT molecular complexity index is 1200. The fraction of sp³-hybridized carbons (Fsp3) is 0.458. The second kappa shape index (κ2) is 9.81. The van der Waals surface area contributed by atoms with Gasteiger partial charge in [-0.2, -0.15) is 5.10 Å². The van der Waals surface area contributed by atoms with Gasteiger partial charge in [0.2, 0.25) is 11.7 Å². The van der Waals surface area contributed by atoms with Crippen LogP contribution in [-0.4, -0.2) is 36.2 Å². The van der Waals surface area contributed by atoms with Gasteiger partial charge in [0, 0.05) is 24.8 Å². The van der Waals surface area contributed by atoms with Crippen LogP contribution in [-0.2, 0) is 21.2 Å². The molecule has 174 valence electrons. The van der Waals surface area contributed by atoms with E-state index in [1.54, 1.807) is 25.5 Å². The highest BCUT2D eigenvalue weighted by molar-refractivity contribution is 7.90. The average molecular weight is 461 g/mol. The van der Waals surface area contributed by atoms with Crippen LogP contribution in [0.15, 0.2) is 22.6 Å². The van der Waals surface area contributed by atoms with Crippen molar-refractivity contribution in [2.75, 3.05) is 6.26 Å². The van der Waals surface area contributed by atoms with Gasteiger partial charge in [-0.15, -0.1) is 0 Å². The third-order valence-corrected chi connectivity index (χ3v) is 6.58. The summed E-state index contributed by atoms with van der Waals surface area (Å²) in [5.74, 6) is -0.682. The number of rotatable bonds is 8. The van der Waals surface area contributed by atoms with E-state index in [1.165, 1.54) is 12.1 Å². The van der Waals surface area contributed by atoms with Gasteiger partial charge in [-0.3, -0.25) is 9.59 Å². The van der Waals surface area contributed by atoms with E-state index in [0.717, 1.165) is 23.8 Å². The average Bonchev–Trinajstić information content (AvgIpc) is 3.00. The molecule has 0 saturated heterocycles. The van der Waals surface area contributed by atoms with Crippen LogP contribution >= 0.6 is 0 Å². The molecule has 1 aromatic carbocycles. The second-order valence-corrected chi connectivity index (χ2v) is 10.1. The predicted molar refractivity (Wildman–Crippen MR) is 125 cm³/mol. The van der Waals surface area contributed by atoms with Crippen LogP contribution in [0.3, 0.4) is 0 Å². The molecular formula is C24H32N2O5S. The maximum absolute atomic E-state index is 13.7. The highest BCUT2D eigenvalue weighted by Gasteiger charge is 2.29. The summed E-state index contributed by atoms with van der Waals surface area (Å²) in [7, 11) is -3.51. The van der Waals surface area contributed by atoms with Gasteiger partial charge in [0.05, 0.1) is 10.6 Å². The minimum Gasteiger partial charge on any atom is -0.407 e. The summed E-state index contributed by atoms with van der Waals surface area (Å²) in [5.41, 5.74) is 3.86. The predicted octanol–water partition coefficient (Wildman–Crippen LogP) is 4.67. The number of ketones is 1. The highest BCUT2D eigenvalue weighted by atomic mass is 32.2. The molecular weight excluding hydrogens is 428 g/mol. The lowest BCUT2D eigenvalue weighted by molar-refractivity contribution is -0.134. The molecule has 0 amide bonds. The first kappa shape index (κ1) is 25.5. The van der Waals surface area contributed by atoms with Crippen LogP contribution in [0.4, 0.5) is 0 Å². The number of nitrogens with zero attached hydrogens (tertiary/aromatic N) is 2. The lowest BCUT2D eigenvalue weighted by atomic mass is 9.91. The van der Waals surface area contributed by atoms with Crippen molar-refractivity contribution in [1.29, 1.82) is 0 Å². The van der Waals surface area contributed by atoms with E-state index in [4.69, 9.17) is 4.74 Å². The van der Waals surface area contributed by atoms with Crippen molar-refractivity contribution in [2.45, 2.75) is 72.7 Å². The lowest BCUT2D eigenvalue weighted by Gasteiger charge is -2.17. The van der Waals surface area contributed by atoms with E-state index in [-0.39, 0.29) is 28.5 Å². The summed E-state index contributed by atoms with van der Waals surface area (Å²) in [4.78, 5) is 25.9. The van der Waals surface area contributed by atoms with Crippen LogP contribution in [0.5, 0.6) is 5.88 Å². The van der Waals surface area contributed by atoms with Crippen LogP contribution in [0.1, 0.15) is 80.2 Å². The van der Waals surface area contributed by atoms with Gasteiger partial charge in [0.15, 0.2) is 9.84 Å². The van der Waals surface area contributed by atoms with Crippen molar-refractivity contribution in [3.8, 4) is 5.88 Å². The van der Waals surface area contributed by atoms with Crippen molar-refractivity contribution in [3.05, 3.63) is 45.7 Å². The number of aryl methyl sites for hydroxylation is 2.